The number of benzene rings is 1. The molecule has 0 aromatic heterocycles. The van der Waals surface area contributed by atoms with Crippen LogP contribution in [0.2, 0.25) is 0 Å². The molecule has 1 atom stereocenters. The summed E-state index contributed by atoms with van der Waals surface area (Å²) in [6, 6.07) is 5.01. The largest absolute Gasteiger partial charge is 0.508 e. The van der Waals surface area contributed by atoms with Crippen LogP contribution in [0, 0.1) is 6.92 Å². The molecule has 1 aliphatic rings. The minimum Gasteiger partial charge on any atom is -0.508 e. The van der Waals surface area contributed by atoms with Crippen LogP contribution in [-0.4, -0.2) is 29.4 Å². The lowest BCUT2D eigenvalue weighted by atomic mass is 10.2. The van der Waals surface area contributed by atoms with E-state index in [0.29, 0.717) is 18.1 Å². The molecule has 5 heteroatoms. The highest BCUT2D eigenvalue weighted by molar-refractivity contribution is 6.42. The highest BCUT2D eigenvalue weighted by Gasteiger charge is 2.19. The van der Waals surface area contributed by atoms with E-state index in [1.165, 1.54) is 6.07 Å². The fourth-order valence-corrected chi connectivity index (χ4v) is 1.66. The van der Waals surface area contributed by atoms with Gasteiger partial charge in [-0.2, -0.15) is 0 Å². The molecule has 17 heavy (non-hydrogen) atoms. The molecule has 1 unspecified atom stereocenters. The van der Waals surface area contributed by atoms with Gasteiger partial charge in [0.15, 0.2) is 5.84 Å². The second kappa shape index (κ2) is 4.45. The predicted octanol–water partition coefficient (Wildman–Crippen LogP) is 1.03. The summed E-state index contributed by atoms with van der Waals surface area (Å²) in [6.45, 7) is 4.41. The van der Waals surface area contributed by atoms with Crippen molar-refractivity contribution in [1.29, 1.82) is 0 Å². The van der Waals surface area contributed by atoms with E-state index < -0.39 is 0 Å². The van der Waals surface area contributed by atoms with Crippen molar-refractivity contribution in [2.45, 2.75) is 19.9 Å². The summed E-state index contributed by atoms with van der Waals surface area (Å²) in [4.78, 5) is 15.9. The topological polar surface area (TPSA) is 73.7 Å². The molecule has 3 N–H and O–H groups in total. The number of amidine groups is 1. The maximum absolute atomic E-state index is 11.8. The zero-order valence-corrected chi connectivity index (χ0v) is 9.82. The number of hydrogen-bond donors (Lipinski definition) is 3. The average molecular weight is 233 g/mol. The van der Waals surface area contributed by atoms with E-state index in [0.717, 1.165) is 5.56 Å². The maximum Gasteiger partial charge on any atom is 0.290 e. The first-order valence-corrected chi connectivity index (χ1v) is 5.48. The number of rotatable bonds is 2. The van der Waals surface area contributed by atoms with Gasteiger partial charge in [0.25, 0.3) is 5.91 Å². The fraction of sp³-hybridized carbons (Fsp3) is 0.333. The predicted molar refractivity (Wildman–Crippen MR) is 66.4 cm³/mol. The van der Waals surface area contributed by atoms with Gasteiger partial charge in [-0.05, 0) is 37.6 Å². The van der Waals surface area contributed by atoms with Crippen molar-refractivity contribution >= 4 is 17.4 Å². The Bertz CT molecular complexity index is 483. The molecule has 0 spiro atoms. The lowest BCUT2D eigenvalue weighted by Crippen LogP contribution is -2.36. The molecule has 1 aromatic rings. The van der Waals surface area contributed by atoms with E-state index in [-0.39, 0.29) is 17.7 Å². The van der Waals surface area contributed by atoms with Crippen molar-refractivity contribution in [2.75, 3.05) is 11.9 Å². The molecule has 90 valence electrons. The number of phenolic OH excluding ortho intramolecular Hbond substituents is 1. The highest BCUT2D eigenvalue weighted by Crippen LogP contribution is 2.20. The molecule has 2 rings (SSSR count). The SMILES string of the molecule is Cc1cc(O)ccc1NC(=O)C1=NCC(C)N1. The number of aliphatic imine (C=N–C) groups is 1. The smallest absolute Gasteiger partial charge is 0.290 e. The van der Waals surface area contributed by atoms with E-state index in [1.54, 1.807) is 12.1 Å². The van der Waals surface area contributed by atoms with Gasteiger partial charge in [0.2, 0.25) is 0 Å². The van der Waals surface area contributed by atoms with Crippen molar-refractivity contribution in [3.05, 3.63) is 23.8 Å². The standard InChI is InChI=1S/C12H15N3O2/c1-7-5-9(16)3-4-10(7)15-12(17)11-13-6-8(2)14-11/h3-5,8,16H,6H2,1-2H3,(H,13,14)(H,15,17). The molecule has 1 heterocycles. The number of carbonyl (C=O) groups is 1. The molecule has 0 saturated heterocycles. The summed E-state index contributed by atoms with van der Waals surface area (Å²) in [5.74, 6) is 0.304. The van der Waals surface area contributed by atoms with Gasteiger partial charge < -0.3 is 15.7 Å². The molecule has 1 amide bonds. The van der Waals surface area contributed by atoms with Gasteiger partial charge in [-0.3, -0.25) is 9.79 Å². The summed E-state index contributed by atoms with van der Waals surface area (Å²) in [6.07, 6.45) is 0. The molecule has 0 saturated carbocycles. The van der Waals surface area contributed by atoms with Gasteiger partial charge in [-0.15, -0.1) is 0 Å². The minimum atomic E-state index is -0.247. The molecule has 1 aliphatic heterocycles. The molecule has 0 bridgehead atoms. The number of carbonyl (C=O) groups excluding carboxylic acids is 1. The third-order valence-electron chi connectivity index (χ3n) is 2.58. The summed E-state index contributed by atoms with van der Waals surface area (Å²) in [5.41, 5.74) is 1.49. The third-order valence-corrected chi connectivity index (χ3v) is 2.58. The zero-order valence-electron chi connectivity index (χ0n) is 9.82. The Balaban J connectivity index is 2.08. The van der Waals surface area contributed by atoms with Crippen molar-refractivity contribution in [3.8, 4) is 5.75 Å². The summed E-state index contributed by atoms with van der Waals surface area (Å²) in [7, 11) is 0. The van der Waals surface area contributed by atoms with Crippen LogP contribution in [0.4, 0.5) is 5.69 Å². The molecule has 1 aromatic carbocycles. The number of hydrogen-bond acceptors (Lipinski definition) is 4. The Morgan fingerprint density at radius 2 is 2.35 bits per heavy atom. The molecular formula is C12H15N3O2. The quantitative estimate of drug-likeness (QED) is 0.668. The average Bonchev–Trinajstić information content (AvgIpc) is 2.69. The van der Waals surface area contributed by atoms with Crippen LogP contribution in [0.25, 0.3) is 0 Å². The van der Waals surface area contributed by atoms with Gasteiger partial charge in [-0.1, -0.05) is 0 Å². The number of nitrogens with one attached hydrogen (secondary N) is 2. The highest BCUT2D eigenvalue weighted by atomic mass is 16.3. The first-order valence-electron chi connectivity index (χ1n) is 5.48. The second-order valence-electron chi connectivity index (χ2n) is 4.19. The normalized spacial score (nSPS) is 18.5. The van der Waals surface area contributed by atoms with Crippen molar-refractivity contribution in [1.82, 2.24) is 5.32 Å². The molecule has 5 nitrogen and oxygen atoms in total. The lowest BCUT2D eigenvalue weighted by molar-refractivity contribution is -0.110. The van der Waals surface area contributed by atoms with Crippen molar-refractivity contribution < 1.29 is 9.90 Å². The van der Waals surface area contributed by atoms with Gasteiger partial charge in [-0.25, -0.2) is 0 Å². The second-order valence-corrected chi connectivity index (χ2v) is 4.19. The Hall–Kier alpha value is -2.04. The first kappa shape index (κ1) is 11.4. The lowest BCUT2D eigenvalue weighted by Gasteiger charge is -2.09. The van der Waals surface area contributed by atoms with Crippen LogP contribution >= 0.6 is 0 Å². The Morgan fingerprint density at radius 3 is 2.94 bits per heavy atom. The molecule has 0 fully saturated rings. The summed E-state index contributed by atoms with van der Waals surface area (Å²) >= 11 is 0. The number of aromatic hydroxyl groups is 1. The van der Waals surface area contributed by atoms with Crippen LogP contribution in [0.5, 0.6) is 5.75 Å². The van der Waals surface area contributed by atoms with Crippen molar-refractivity contribution in [2.24, 2.45) is 4.99 Å². The zero-order chi connectivity index (χ0) is 12.4. The van der Waals surface area contributed by atoms with E-state index in [1.807, 2.05) is 13.8 Å². The van der Waals surface area contributed by atoms with Crippen molar-refractivity contribution in [3.63, 3.8) is 0 Å². The summed E-state index contributed by atoms with van der Waals surface area (Å²) in [5, 5.41) is 15.0. The molecule has 0 radical (unpaired) electrons. The van der Waals surface area contributed by atoms with E-state index in [4.69, 9.17) is 0 Å². The maximum atomic E-state index is 11.8. The van der Waals surface area contributed by atoms with Crippen LogP contribution in [0.1, 0.15) is 12.5 Å². The Kier molecular flexibility index (Phi) is 2.99. The Morgan fingerprint density at radius 1 is 1.59 bits per heavy atom. The number of amides is 1. The molecular weight excluding hydrogens is 218 g/mol. The Labute approximate surface area is 99.6 Å². The number of nitrogens with zero attached hydrogens (tertiary/aromatic N) is 1. The van der Waals surface area contributed by atoms with E-state index in [2.05, 4.69) is 15.6 Å². The number of anilines is 1. The minimum absolute atomic E-state index is 0.186. The van der Waals surface area contributed by atoms with Crippen LogP contribution in [-0.2, 0) is 4.79 Å². The monoisotopic (exact) mass is 233 g/mol. The van der Waals surface area contributed by atoms with Gasteiger partial charge in [0.05, 0.1) is 6.54 Å². The van der Waals surface area contributed by atoms with E-state index in [9.17, 15) is 9.90 Å². The number of aryl methyl sites for hydroxylation is 1. The van der Waals surface area contributed by atoms with Crippen LogP contribution < -0.4 is 10.6 Å². The van der Waals surface area contributed by atoms with E-state index >= 15 is 0 Å². The first-order chi connectivity index (χ1) is 8.06. The fourth-order valence-electron chi connectivity index (χ4n) is 1.66. The van der Waals surface area contributed by atoms with Gasteiger partial charge >= 0.3 is 0 Å². The molecule has 0 aliphatic carbocycles. The van der Waals surface area contributed by atoms with Crippen LogP contribution in [0.3, 0.4) is 0 Å². The van der Waals surface area contributed by atoms with Gasteiger partial charge in [0, 0.05) is 11.7 Å². The van der Waals surface area contributed by atoms with Gasteiger partial charge in [0.1, 0.15) is 5.75 Å². The number of phenols is 1. The van der Waals surface area contributed by atoms with Crippen LogP contribution in [0.15, 0.2) is 23.2 Å². The summed E-state index contributed by atoms with van der Waals surface area (Å²) < 4.78 is 0. The third kappa shape index (κ3) is 2.55.